The number of thioether (sulfide) groups is 1. The molecule has 0 unspecified atom stereocenters. The van der Waals surface area contributed by atoms with Crippen LogP contribution in [0.2, 0.25) is 0 Å². The first kappa shape index (κ1) is 22.6. The zero-order valence-corrected chi connectivity index (χ0v) is 17.9. The summed E-state index contributed by atoms with van der Waals surface area (Å²) >= 11 is 0.968. The molecule has 1 aliphatic rings. The molecule has 3 aromatic rings. The van der Waals surface area contributed by atoms with Gasteiger partial charge in [0.2, 0.25) is 5.91 Å². The molecule has 5 nitrogen and oxygen atoms in total. The van der Waals surface area contributed by atoms with Crippen molar-refractivity contribution in [2.45, 2.75) is 12.7 Å². The summed E-state index contributed by atoms with van der Waals surface area (Å²) in [4.78, 5) is 37.5. The summed E-state index contributed by atoms with van der Waals surface area (Å²) in [6.45, 7) is 0.162. The van der Waals surface area contributed by atoms with Gasteiger partial charge in [-0.05, 0) is 47.0 Å². The van der Waals surface area contributed by atoms with Gasteiger partial charge in [0, 0.05) is 11.3 Å². The number of nitrogens with one attached hydrogen (secondary N) is 1. The third-order valence-electron chi connectivity index (χ3n) is 5.09. The Hall–Kier alpha value is -3.59. The van der Waals surface area contributed by atoms with Crippen molar-refractivity contribution in [3.63, 3.8) is 0 Å². The lowest BCUT2D eigenvalue weighted by molar-refractivity contribution is -0.137. The largest absolute Gasteiger partial charge is 0.416 e. The molecule has 0 atom stereocenters. The van der Waals surface area contributed by atoms with Crippen LogP contribution in [0.4, 0.5) is 23.7 Å². The smallest absolute Gasteiger partial charge is 0.322 e. The van der Waals surface area contributed by atoms with Crippen molar-refractivity contribution in [2.75, 3.05) is 11.1 Å². The molecule has 0 radical (unpaired) electrons. The monoisotopic (exact) mass is 470 g/mol. The highest BCUT2D eigenvalue weighted by molar-refractivity contribution is 8.14. The Morgan fingerprint density at radius 3 is 2.21 bits per heavy atom. The average Bonchev–Trinajstić information content (AvgIpc) is 3.12. The topological polar surface area (TPSA) is 66.5 Å². The van der Waals surface area contributed by atoms with E-state index in [4.69, 9.17) is 0 Å². The zero-order chi connectivity index (χ0) is 23.6. The fourth-order valence-corrected chi connectivity index (χ4v) is 4.10. The van der Waals surface area contributed by atoms with Gasteiger partial charge < -0.3 is 5.32 Å². The summed E-state index contributed by atoms with van der Waals surface area (Å²) < 4.78 is 38.6. The number of hydrogen-bond acceptors (Lipinski definition) is 4. The molecule has 33 heavy (non-hydrogen) atoms. The summed E-state index contributed by atoms with van der Waals surface area (Å²) in [5, 5.41) is 2.49. The maximum absolute atomic E-state index is 12.9. The van der Waals surface area contributed by atoms with E-state index in [-0.39, 0.29) is 23.4 Å². The van der Waals surface area contributed by atoms with Crippen LogP contribution in [0.1, 0.15) is 21.5 Å². The van der Waals surface area contributed by atoms with E-state index >= 15 is 0 Å². The SMILES string of the molecule is O=C(Nc1ccc(CN2C(=O)CSC2=O)cc1)c1ccccc1-c1ccc(C(F)(F)F)cc1. The number of carbonyl (C=O) groups is 3. The van der Waals surface area contributed by atoms with Gasteiger partial charge in [-0.25, -0.2) is 0 Å². The third kappa shape index (κ3) is 5.09. The number of nitrogens with zero attached hydrogens (tertiary/aromatic N) is 1. The van der Waals surface area contributed by atoms with Crippen molar-refractivity contribution >= 4 is 34.5 Å². The maximum atomic E-state index is 12.9. The Morgan fingerprint density at radius 2 is 1.61 bits per heavy atom. The molecule has 0 aromatic heterocycles. The van der Waals surface area contributed by atoms with Gasteiger partial charge in [0.05, 0.1) is 17.9 Å². The van der Waals surface area contributed by atoms with Gasteiger partial charge in [-0.1, -0.05) is 54.2 Å². The summed E-state index contributed by atoms with van der Waals surface area (Å²) in [5.74, 6) is -0.507. The molecular formula is C24H17F3N2O3S. The summed E-state index contributed by atoms with van der Waals surface area (Å²) in [6, 6.07) is 18.0. The van der Waals surface area contributed by atoms with Gasteiger partial charge in [-0.2, -0.15) is 13.2 Å². The minimum absolute atomic E-state index is 0.144. The molecule has 0 aliphatic carbocycles. The van der Waals surface area contributed by atoms with E-state index in [0.717, 1.165) is 29.5 Å². The zero-order valence-electron chi connectivity index (χ0n) is 17.1. The van der Waals surface area contributed by atoms with Crippen molar-refractivity contribution in [2.24, 2.45) is 0 Å². The Balaban J connectivity index is 1.49. The van der Waals surface area contributed by atoms with Crippen LogP contribution in [-0.4, -0.2) is 27.7 Å². The van der Waals surface area contributed by atoms with E-state index in [9.17, 15) is 27.6 Å². The highest BCUT2D eigenvalue weighted by Crippen LogP contribution is 2.32. The van der Waals surface area contributed by atoms with Crippen LogP contribution in [0.25, 0.3) is 11.1 Å². The van der Waals surface area contributed by atoms with Crippen LogP contribution in [0.5, 0.6) is 0 Å². The number of benzene rings is 3. The van der Waals surface area contributed by atoms with Crippen molar-refractivity contribution in [3.05, 3.63) is 89.5 Å². The van der Waals surface area contributed by atoms with E-state index in [1.165, 1.54) is 17.0 Å². The number of carbonyl (C=O) groups excluding carboxylic acids is 3. The lowest BCUT2D eigenvalue weighted by atomic mass is 9.98. The predicted molar refractivity (Wildman–Crippen MR) is 120 cm³/mol. The Labute approximate surface area is 191 Å². The van der Waals surface area contributed by atoms with Crippen LogP contribution >= 0.6 is 11.8 Å². The molecule has 0 bridgehead atoms. The number of rotatable bonds is 5. The van der Waals surface area contributed by atoms with E-state index in [2.05, 4.69) is 5.32 Å². The molecule has 3 aromatic carbocycles. The van der Waals surface area contributed by atoms with E-state index in [0.29, 0.717) is 22.4 Å². The molecule has 168 valence electrons. The number of imide groups is 1. The van der Waals surface area contributed by atoms with E-state index in [1.54, 1.807) is 48.5 Å². The Bertz CT molecular complexity index is 1190. The van der Waals surface area contributed by atoms with Crippen LogP contribution in [0, 0.1) is 0 Å². The van der Waals surface area contributed by atoms with Gasteiger partial charge in [0.1, 0.15) is 0 Å². The molecule has 9 heteroatoms. The minimum Gasteiger partial charge on any atom is -0.322 e. The van der Waals surface area contributed by atoms with E-state index in [1.807, 2.05) is 0 Å². The molecule has 0 saturated carbocycles. The predicted octanol–water partition coefficient (Wildman–Crippen LogP) is 5.82. The minimum atomic E-state index is -4.43. The first-order chi connectivity index (χ1) is 15.7. The van der Waals surface area contributed by atoms with Gasteiger partial charge in [0.15, 0.2) is 0 Å². The highest BCUT2D eigenvalue weighted by atomic mass is 32.2. The first-order valence-electron chi connectivity index (χ1n) is 9.86. The normalized spacial score (nSPS) is 14.0. The number of halogens is 3. The van der Waals surface area contributed by atoms with Crippen molar-refractivity contribution in [1.29, 1.82) is 0 Å². The average molecular weight is 470 g/mol. The second-order valence-corrected chi connectivity index (χ2v) is 8.23. The third-order valence-corrected chi connectivity index (χ3v) is 5.95. The lowest BCUT2D eigenvalue weighted by Crippen LogP contribution is -2.27. The fraction of sp³-hybridized carbons (Fsp3) is 0.125. The van der Waals surface area contributed by atoms with Crippen molar-refractivity contribution in [1.82, 2.24) is 4.90 Å². The Morgan fingerprint density at radius 1 is 0.939 bits per heavy atom. The van der Waals surface area contributed by atoms with Crippen LogP contribution in [-0.2, 0) is 17.5 Å². The molecule has 1 fully saturated rings. The molecule has 0 spiro atoms. The fourth-order valence-electron chi connectivity index (χ4n) is 3.38. The second kappa shape index (κ2) is 9.11. The molecule has 4 rings (SSSR count). The summed E-state index contributed by atoms with van der Waals surface area (Å²) in [7, 11) is 0. The molecule has 3 amide bonds. The summed E-state index contributed by atoms with van der Waals surface area (Å²) in [5.41, 5.74) is 1.78. The van der Waals surface area contributed by atoms with Gasteiger partial charge in [-0.15, -0.1) is 0 Å². The standard InChI is InChI=1S/C24H17F3N2O3S/c25-24(26,27)17-9-7-16(8-10-17)19-3-1-2-4-20(19)22(31)28-18-11-5-15(6-12-18)13-29-21(30)14-33-23(29)32/h1-12H,13-14H2,(H,28,31). The lowest BCUT2D eigenvalue weighted by Gasteiger charge is -2.14. The maximum Gasteiger partial charge on any atom is 0.416 e. The van der Waals surface area contributed by atoms with Crippen LogP contribution in [0.15, 0.2) is 72.8 Å². The highest BCUT2D eigenvalue weighted by Gasteiger charge is 2.30. The Kier molecular flexibility index (Phi) is 6.24. The molecule has 1 saturated heterocycles. The van der Waals surface area contributed by atoms with Gasteiger partial charge in [-0.3, -0.25) is 19.3 Å². The first-order valence-corrected chi connectivity index (χ1v) is 10.8. The quantitative estimate of drug-likeness (QED) is 0.510. The van der Waals surface area contributed by atoms with Crippen LogP contribution in [0.3, 0.4) is 0 Å². The van der Waals surface area contributed by atoms with Crippen molar-refractivity contribution < 1.29 is 27.6 Å². The van der Waals surface area contributed by atoms with Gasteiger partial charge >= 0.3 is 6.18 Å². The van der Waals surface area contributed by atoms with Crippen LogP contribution < -0.4 is 5.32 Å². The molecule has 1 N–H and O–H groups in total. The number of anilines is 1. The summed E-state index contributed by atoms with van der Waals surface area (Å²) in [6.07, 6.45) is -4.43. The van der Waals surface area contributed by atoms with E-state index < -0.39 is 17.6 Å². The molecular weight excluding hydrogens is 453 g/mol. The molecule has 1 heterocycles. The number of amides is 3. The van der Waals surface area contributed by atoms with Crippen molar-refractivity contribution in [3.8, 4) is 11.1 Å². The molecule has 1 aliphatic heterocycles. The second-order valence-electron chi connectivity index (χ2n) is 7.31. The van der Waals surface area contributed by atoms with Gasteiger partial charge in [0.25, 0.3) is 11.1 Å². The number of hydrogen-bond donors (Lipinski definition) is 1. The number of alkyl halides is 3.